The maximum Gasteiger partial charge on any atom is 0.281 e. The van der Waals surface area contributed by atoms with Gasteiger partial charge in [0.2, 0.25) is 0 Å². The van der Waals surface area contributed by atoms with Gasteiger partial charge in [0.1, 0.15) is 6.61 Å². The van der Waals surface area contributed by atoms with Crippen LogP contribution in [0.4, 0.5) is 11.4 Å². The van der Waals surface area contributed by atoms with Crippen LogP contribution < -0.4 is 10.2 Å². The third kappa shape index (κ3) is 5.77. The minimum absolute atomic E-state index is 0.0168. The summed E-state index contributed by atoms with van der Waals surface area (Å²) >= 11 is 13.8. The number of hydrogen-bond donors (Lipinski definition) is 1. The summed E-state index contributed by atoms with van der Waals surface area (Å²) in [6.45, 7) is 0.0168. The van der Waals surface area contributed by atoms with E-state index in [9.17, 15) is 25.0 Å². The summed E-state index contributed by atoms with van der Waals surface area (Å²) < 4.78 is 6.38. The summed E-state index contributed by atoms with van der Waals surface area (Å²) in [6, 6.07) is 15.0. The quantitative estimate of drug-likeness (QED) is 0.155. The molecule has 0 radical (unpaired) electrons. The predicted molar refractivity (Wildman–Crippen MR) is 137 cm³/mol. The maximum atomic E-state index is 12.4. The van der Waals surface area contributed by atoms with Gasteiger partial charge in [-0.1, -0.05) is 35.3 Å². The number of nitrogens with zero attached hydrogens (tertiary/aromatic N) is 3. The second kappa shape index (κ2) is 10.7. The highest BCUT2D eigenvalue weighted by molar-refractivity contribution is 7.20. The number of carbonyl (C=O) groups is 1. The number of benzene rings is 3. The summed E-state index contributed by atoms with van der Waals surface area (Å²) in [5.74, 6) is -0.283. The fourth-order valence-corrected chi connectivity index (χ4v) is 4.73. The largest absolute Gasteiger partial charge is 0.486 e. The smallest absolute Gasteiger partial charge is 0.281 e. The summed E-state index contributed by atoms with van der Waals surface area (Å²) in [5, 5.41) is 26.7. The van der Waals surface area contributed by atoms with Gasteiger partial charge < -0.3 is 4.74 Å². The first kappa shape index (κ1) is 25.0. The maximum absolute atomic E-state index is 12.4. The molecule has 0 saturated heterocycles. The fourth-order valence-electron chi connectivity index (χ4n) is 3.18. The molecule has 1 heterocycles. The lowest BCUT2D eigenvalue weighted by Gasteiger charge is -2.11. The molecule has 10 nitrogen and oxygen atoms in total. The second-order valence-corrected chi connectivity index (χ2v) is 9.22. The average molecular weight is 545 g/mol. The first-order chi connectivity index (χ1) is 17.2. The lowest BCUT2D eigenvalue weighted by molar-refractivity contribution is -0.385. The van der Waals surface area contributed by atoms with Gasteiger partial charge in [0.15, 0.2) is 5.75 Å². The highest BCUT2D eigenvalue weighted by Gasteiger charge is 2.14. The molecule has 4 rings (SSSR count). The van der Waals surface area contributed by atoms with Gasteiger partial charge in [-0.15, -0.1) is 11.3 Å². The number of amides is 1. The van der Waals surface area contributed by atoms with Gasteiger partial charge in [0, 0.05) is 34.4 Å². The molecule has 1 amide bonds. The Morgan fingerprint density at radius 1 is 1.00 bits per heavy atom. The van der Waals surface area contributed by atoms with Gasteiger partial charge in [-0.05, 0) is 35.4 Å². The zero-order valence-electron chi connectivity index (χ0n) is 18.0. The van der Waals surface area contributed by atoms with E-state index in [2.05, 4.69) is 10.5 Å². The number of rotatable bonds is 8. The number of hydrogen-bond acceptors (Lipinski definition) is 8. The highest BCUT2D eigenvalue weighted by atomic mass is 35.5. The van der Waals surface area contributed by atoms with Crippen LogP contribution in [0.5, 0.6) is 5.75 Å². The van der Waals surface area contributed by atoms with Gasteiger partial charge >= 0.3 is 0 Å². The molecule has 0 bridgehead atoms. The van der Waals surface area contributed by atoms with E-state index < -0.39 is 15.8 Å². The Morgan fingerprint density at radius 2 is 1.69 bits per heavy atom. The number of ether oxygens (including phenoxy) is 1. The zero-order chi connectivity index (χ0) is 25.8. The number of thiophene rings is 1. The average Bonchev–Trinajstić information content (AvgIpc) is 3.27. The Morgan fingerprint density at radius 3 is 2.39 bits per heavy atom. The molecule has 13 heteroatoms. The van der Waals surface area contributed by atoms with Crippen LogP contribution in [0.2, 0.25) is 10.0 Å². The van der Waals surface area contributed by atoms with Crippen molar-refractivity contribution in [2.75, 3.05) is 0 Å². The van der Waals surface area contributed by atoms with Crippen LogP contribution in [0.3, 0.4) is 0 Å². The van der Waals surface area contributed by atoms with E-state index >= 15 is 0 Å². The van der Waals surface area contributed by atoms with Crippen LogP contribution in [0.1, 0.15) is 20.8 Å². The van der Waals surface area contributed by atoms with E-state index in [1.54, 1.807) is 24.3 Å². The topological polar surface area (TPSA) is 137 Å². The Bertz CT molecular complexity index is 1520. The van der Waals surface area contributed by atoms with Crippen molar-refractivity contribution in [1.82, 2.24) is 5.43 Å². The summed E-state index contributed by atoms with van der Waals surface area (Å²) in [7, 11) is 0. The van der Waals surface area contributed by atoms with E-state index in [4.69, 9.17) is 27.9 Å². The molecule has 0 aliphatic carbocycles. The second-order valence-electron chi connectivity index (χ2n) is 7.32. The molecular weight excluding hydrogens is 531 g/mol. The number of nitro benzene ring substituents is 2. The van der Waals surface area contributed by atoms with E-state index in [0.29, 0.717) is 21.4 Å². The van der Waals surface area contributed by atoms with Gasteiger partial charge in [0.25, 0.3) is 17.3 Å². The summed E-state index contributed by atoms with van der Waals surface area (Å²) in [6.07, 6.45) is 1.35. The van der Waals surface area contributed by atoms with Gasteiger partial charge in [-0.3, -0.25) is 25.0 Å². The monoisotopic (exact) mass is 544 g/mol. The zero-order valence-corrected chi connectivity index (χ0v) is 20.3. The summed E-state index contributed by atoms with van der Waals surface area (Å²) in [5.41, 5.74) is 3.34. The van der Waals surface area contributed by atoms with Gasteiger partial charge in [-0.25, -0.2) is 5.43 Å². The first-order valence-electron chi connectivity index (χ1n) is 10.1. The summed E-state index contributed by atoms with van der Waals surface area (Å²) in [4.78, 5) is 33.6. The van der Waals surface area contributed by atoms with Crippen LogP contribution >= 0.6 is 34.5 Å². The molecule has 0 spiro atoms. The third-order valence-corrected chi connectivity index (χ3v) is 6.52. The number of nitro groups is 2. The number of hydrazone groups is 1. The Balaban J connectivity index is 1.41. The molecule has 182 valence electrons. The van der Waals surface area contributed by atoms with Crippen LogP contribution in [0.15, 0.2) is 65.8 Å². The Kier molecular flexibility index (Phi) is 7.44. The number of fused-ring (bicyclic) bond motifs is 1. The van der Waals surface area contributed by atoms with Crippen molar-refractivity contribution in [3.63, 3.8) is 0 Å². The molecule has 3 aromatic carbocycles. The molecule has 0 unspecified atom stereocenters. The van der Waals surface area contributed by atoms with Crippen molar-refractivity contribution in [1.29, 1.82) is 0 Å². The Hall–Kier alpha value is -4.06. The number of non-ortho nitro benzene ring substituents is 2. The van der Waals surface area contributed by atoms with Crippen molar-refractivity contribution in [3.8, 4) is 5.75 Å². The SMILES string of the molecule is O=C(N/N=C\c1cc(Cl)c(OCc2cccc([N+](=O)[O-])c2)c(Cl)c1)c1cc2cc([N+](=O)[O-])ccc2s1. The third-order valence-electron chi connectivity index (χ3n) is 4.84. The molecular formula is C23H14Cl2N4O6S. The van der Waals surface area contributed by atoms with Crippen LogP contribution in [-0.2, 0) is 6.61 Å². The van der Waals surface area contributed by atoms with Crippen molar-refractivity contribution in [2.45, 2.75) is 6.61 Å². The van der Waals surface area contributed by atoms with Crippen molar-refractivity contribution in [2.24, 2.45) is 5.10 Å². The van der Waals surface area contributed by atoms with Crippen LogP contribution in [0, 0.1) is 20.2 Å². The number of carbonyl (C=O) groups excluding carboxylic acids is 1. The number of nitrogens with one attached hydrogen (secondary N) is 1. The van der Waals surface area contributed by atoms with Crippen molar-refractivity contribution in [3.05, 3.63) is 107 Å². The van der Waals surface area contributed by atoms with E-state index in [1.165, 1.54) is 53.9 Å². The minimum atomic E-state index is -0.499. The fraction of sp³-hybridized carbons (Fsp3) is 0.0435. The molecule has 0 atom stereocenters. The molecule has 0 aliphatic rings. The molecule has 4 aromatic rings. The van der Waals surface area contributed by atoms with E-state index in [1.807, 2.05) is 0 Å². The minimum Gasteiger partial charge on any atom is -0.486 e. The lowest BCUT2D eigenvalue weighted by Crippen LogP contribution is -2.16. The van der Waals surface area contributed by atoms with Crippen LogP contribution in [-0.4, -0.2) is 22.0 Å². The van der Waals surface area contributed by atoms with Gasteiger partial charge in [0.05, 0.1) is 31.0 Å². The first-order valence-corrected chi connectivity index (χ1v) is 11.6. The predicted octanol–water partition coefficient (Wildman–Crippen LogP) is 6.37. The molecule has 1 N–H and O–H groups in total. The van der Waals surface area contributed by atoms with E-state index in [0.717, 1.165) is 4.70 Å². The molecule has 1 aromatic heterocycles. The van der Waals surface area contributed by atoms with Crippen molar-refractivity contribution < 1.29 is 19.4 Å². The molecule has 0 saturated carbocycles. The molecule has 36 heavy (non-hydrogen) atoms. The Labute approximate surface area is 217 Å². The van der Waals surface area contributed by atoms with Gasteiger partial charge in [-0.2, -0.15) is 5.10 Å². The lowest BCUT2D eigenvalue weighted by atomic mass is 10.2. The molecule has 0 fully saturated rings. The molecule has 0 aliphatic heterocycles. The standard InChI is InChI=1S/C23H14Cl2N4O6S/c24-18-7-14(8-19(25)22(18)35-12-13-2-1-3-16(6-13)28(31)32)11-26-27-23(30)21-10-15-9-17(29(33)34)4-5-20(15)36-21/h1-11H,12H2,(H,27,30)/b26-11-. The van der Waals surface area contributed by atoms with Crippen LogP contribution in [0.25, 0.3) is 10.1 Å². The van der Waals surface area contributed by atoms with E-state index in [-0.39, 0.29) is 33.8 Å². The number of halogens is 2. The highest BCUT2D eigenvalue weighted by Crippen LogP contribution is 2.34. The normalized spacial score (nSPS) is 11.1. The van der Waals surface area contributed by atoms with Crippen molar-refractivity contribution >= 4 is 68.1 Å².